The van der Waals surface area contributed by atoms with E-state index in [2.05, 4.69) is 29.6 Å². The number of aromatic nitrogens is 1. The zero-order valence-electron chi connectivity index (χ0n) is 11.2. The molecule has 1 aromatic rings. The number of hydrogen-bond donors (Lipinski definition) is 3. The first-order chi connectivity index (χ1) is 8.39. The van der Waals surface area contributed by atoms with Crippen molar-refractivity contribution in [1.82, 2.24) is 10.3 Å². The van der Waals surface area contributed by atoms with Crippen LogP contribution in [0.2, 0.25) is 0 Å². The van der Waals surface area contributed by atoms with Crippen molar-refractivity contribution in [3.05, 3.63) is 23.5 Å². The molecule has 0 aliphatic rings. The molecule has 0 saturated carbocycles. The van der Waals surface area contributed by atoms with E-state index in [-0.39, 0.29) is 10.7 Å². The largest absolute Gasteiger partial charge is 0.351 e. The van der Waals surface area contributed by atoms with Gasteiger partial charge in [0, 0.05) is 23.2 Å². The Morgan fingerprint density at radius 3 is 2.78 bits per heavy atom. The number of nitrogens with one attached hydrogen (secondary N) is 2. The van der Waals surface area contributed by atoms with Crippen LogP contribution in [0, 0.1) is 6.92 Å². The van der Waals surface area contributed by atoms with Crippen LogP contribution in [0.1, 0.15) is 29.9 Å². The van der Waals surface area contributed by atoms with Gasteiger partial charge >= 0.3 is 0 Å². The van der Waals surface area contributed by atoms with Crippen molar-refractivity contribution >= 4 is 23.4 Å². The Bertz CT molecular complexity index is 434. The highest BCUT2D eigenvalue weighted by Crippen LogP contribution is 2.20. The molecule has 0 aliphatic heterocycles. The number of nitrogens with zero attached hydrogens (tertiary/aromatic N) is 1. The molecule has 18 heavy (non-hydrogen) atoms. The molecule has 4 N–H and O–H groups in total. The van der Waals surface area contributed by atoms with Gasteiger partial charge in [0.05, 0.1) is 11.3 Å². The van der Waals surface area contributed by atoms with Gasteiger partial charge in [-0.15, -0.1) is 0 Å². The zero-order chi connectivity index (χ0) is 13.8. The summed E-state index contributed by atoms with van der Waals surface area (Å²) in [5.41, 5.74) is 4.38. The number of hydrazine groups is 1. The summed E-state index contributed by atoms with van der Waals surface area (Å²) in [4.78, 5) is 16.2. The number of rotatable bonds is 5. The molecule has 1 rings (SSSR count). The lowest BCUT2D eigenvalue weighted by Crippen LogP contribution is -2.36. The normalized spacial score (nSPS) is 11.2. The fourth-order valence-corrected chi connectivity index (χ4v) is 1.54. The molecule has 0 unspecified atom stereocenters. The average Bonchev–Trinajstić information content (AvgIpc) is 2.36. The monoisotopic (exact) mass is 268 g/mol. The van der Waals surface area contributed by atoms with E-state index in [9.17, 15) is 4.79 Å². The molecule has 0 radical (unpaired) electrons. The third-order valence-electron chi connectivity index (χ3n) is 2.67. The van der Waals surface area contributed by atoms with Gasteiger partial charge in [0.15, 0.2) is 0 Å². The molecule has 1 heterocycles. The molecule has 1 amide bonds. The van der Waals surface area contributed by atoms with Gasteiger partial charge < -0.3 is 10.7 Å². The van der Waals surface area contributed by atoms with Crippen molar-refractivity contribution in [2.24, 2.45) is 5.84 Å². The van der Waals surface area contributed by atoms with Gasteiger partial charge in [-0.2, -0.15) is 11.8 Å². The van der Waals surface area contributed by atoms with E-state index < -0.39 is 0 Å². The number of pyridine rings is 1. The van der Waals surface area contributed by atoms with E-state index >= 15 is 0 Å². The van der Waals surface area contributed by atoms with Crippen LogP contribution >= 0.6 is 11.8 Å². The second kappa shape index (κ2) is 6.06. The van der Waals surface area contributed by atoms with Gasteiger partial charge in [0.25, 0.3) is 5.91 Å². The molecule has 0 saturated heterocycles. The van der Waals surface area contributed by atoms with Gasteiger partial charge in [-0.05, 0) is 33.1 Å². The SMILES string of the molecule is CSC(C)(C)CNC(=O)c1cnc(C)cc1NN. The van der Waals surface area contributed by atoms with Crippen molar-refractivity contribution in [3.8, 4) is 0 Å². The Hall–Kier alpha value is -1.27. The van der Waals surface area contributed by atoms with Crippen LogP contribution in [0.25, 0.3) is 0 Å². The Labute approximate surface area is 112 Å². The quantitative estimate of drug-likeness (QED) is 0.557. The highest BCUT2D eigenvalue weighted by Gasteiger charge is 2.19. The number of amides is 1. The Morgan fingerprint density at radius 2 is 2.22 bits per heavy atom. The van der Waals surface area contributed by atoms with E-state index in [4.69, 9.17) is 5.84 Å². The van der Waals surface area contributed by atoms with Gasteiger partial charge in [-0.25, -0.2) is 0 Å². The first kappa shape index (κ1) is 14.8. The topological polar surface area (TPSA) is 80.0 Å². The number of thioether (sulfide) groups is 1. The minimum Gasteiger partial charge on any atom is -0.351 e. The second-order valence-electron chi connectivity index (χ2n) is 4.66. The third kappa shape index (κ3) is 3.89. The molecular weight excluding hydrogens is 248 g/mol. The Kier molecular flexibility index (Phi) is 4.98. The van der Waals surface area contributed by atoms with E-state index in [1.54, 1.807) is 17.8 Å². The number of hydrogen-bond acceptors (Lipinski definition) is 5. The summed E-state index contributed by atoms with van der Waals surface area (Å²) in [6, 6.07) is 1.74. The molecular formula is C12H20N4OS. The summed E-state index contributed by atoms with van der Waals surface area (Å²) < 4.78 is 0.00406. The smallest absolute Gasteiger partial charge is 0.255 e. The van der Waals surface area contributed by atoms with Crippen LogP contribution < -0.4 is 16.6 Å². The summed E-state index contributed by atoms with van der Waals surface area (Å²) in [7, 11) is 0. The van der Waals surface area contributed by atoms with Crippen molar-refractivity contribution in [1.29, 1.82) is 0 Å². The second-order valence-corrected chi connectivity index (χ2v) is 6.18. The number of carbonyl (C=O) groups is 1. The number of carbonyl (C=O) groups excluding carboxylic acids is 1. The first-order valence-electron chi connectivity index (χ1n) is 5.66. The molecule has 0 aliphatic carbocycles. The van der Waals surface area contributed by atoms with E-state index in [0.29, 0.717) is 17.8 Å². The molecule has 100 valence electrons. The fraction of sp³-hybridized carbons (Fsp3) is 0.500. The van der Waals surface area contributed by atoms with Crippen molar-refractivity contribution in [2.75, 3.05) is 18.2 Å². The van der Waals surface area contributed by atoms with Gasteiger partial charge in [0.1, 0.15) is 0 Å². The number of aryl methyl sites for hydroxylation is 1. The van der Waals surface area contributed by atoms with Crippen LogP contribution in [0.4, 0.5) is 5.69 Å². The molecule has 0 spiro atoms. The molecule has 0 atom stereocenters. The first-order valence-corrected chi connectivity index (χ1v) is 6.88. The molecule has 1 aromatic heterocycles. The maximum atomic E-state index is 12.0. The van der Waals surface area contributed by atoms with E-state index in [1.165, 1.54) is 6.20 Å². The fourth-order valence-electron chi connectivity index (χ4n) is 1.32. The highest BCUT2D eigenvalue weighted by molar-refractivity contribution is 7.99. The summed E-state index contributed by atoms with van der Waals surface area (Å²) in [5, 5.41) is 2.89. The minimum atomic E-state index is -0.169. The number of nitrogen functional groups attached to an aromatic ring is 1. The summed E-state index contributed by atoms with van der Waals surface area (Å²) in [5.74, 6) is 5.23. The van der Waals surface area contributed by atoms with Crippen molar-refractivity contribution < 1.29 is 4.79 Å². The summed E-state index contributed by atoms with van der Waals surface area (Å²) >= 11 is 1.71. The maximum Gasteiger partial charge on any atom is 0.255 e. The molecule has 5 nitrogen and oxygen atoms in total. The standard InChI is InChI=1S/C12H20N4OS/c1-8-5-10(16-13)9(6-14-8)11(17)15-7-12(2,3)18-4/h5-6H,7,13H2,1-4H3,(H,14,16)(H,15,17). The molecule has 0 bridgehead atoms. The van der Waals surface area contributed by atoms with Crippen LogP contribution in [-0.2, 0) is 0 Å². The summed E-state index contributed by atoms with van der Waals surface area (Å²) in [6.07, 6.45) is 3.55. The molecule has 6 heteroatoms. The molecule has 0 aromatic carbocycles. The van der Waals surface area contributed by atoms with Crippen molar-refractivity contribution in [3.63, 3.8) is 0 Å². The predicted molar refractivity (Wildman–Crippen MR) is 76.7 cm³/mol. The predicted octanol–water partition coefficient (Wildman–Crippen LogP) is 1.55. The Balaban J connectivity index is 2.79. The zero-order valence-corrected chi connectivity index (χ0v) is 12.0. The average molecular weight is 268 g/mol. The van der Waals surface area contributed by atoms with Crippen LogP contribution in [0.5, 0.6) is 0 Å². The minimum absolute atomic E-state index is 0.00406. The summed E-state index contributed by atoms with van der Waals surface area (Å²) in [6.45, 7) is 6.59. The lowest BCUT2D eigenvalue weighted by molar-refractivity contribution is 0.0951. The van der Waals surface area contributed by atoms with Crippen molar-refractivity contribution in [2.45, 2.75) is 25.5 Å². The third-order valence-corrected chi connectivity index (χ3v) is 3.92. The Morgan fingerprint density at radius 1 is 1.56 bits per heavy atom. The van der Waals surface area contributed by atoms with Gasteiger partial charge in [-0.1, -0.05) is 0 Å². The van der Waals surface area contributed by atoms with E-state index in [0.717, 1.165) is 5.69 Å². The maximum absolute atomic E-state index is 12.0. The highest BCUT2D eigenvalue weighted by atomic mass is 32.2. The van der Waals surface area contributed by atoms with Crippen LogP contribution in [0.3, 0.4) is 0 Å². The molecule has 0 fully saturated rings. The van der Waals surface area contributed by atoms with Crippen LogP contribution in [-0.4, -0.2) is 28.4 Å². The van der Waals surface area contributed by atoms with Gasteiger partial charge in [-0.3, -0.25) is 15.6 Å². The number of anilines is 1. The lowest BCUT2D eigenvalue weighted by Gasteiger charge is -2.22. The number of nitrogens with two attached hydrogens (primary N) is 1. The van der Waals surface area contributed by atoms with Gasteiger partial charge in [0.2, 0.25) is 0 Å². The van der Waals surface area contributed by atoms with Crippen LogP contribution in [0.15, 0.2) is 12.3 Å². The van der Waals surface area contributed by atoms with E-state index in [1.807, 2.05) is 13.2 Å². The lowest BCUT2D eigenvalue weighted by atomic mass is 10.1.